The number of carbonyl (C=O) groups is 2. The van der Waals surface area contributed by atoms with Crippen molar-refractivity contribution in [1.29, 1.82) is 0 Å². The summed E-state index contributed by atoms with van der Waals surface area (Å²) in [5, 5.41) is 23.4. The minimum atomic E-state index is -0.667. The second kappa shape index (κ2) is 63.1. The Labute approximate surface area is 457 Å². The first-order valence-corrected chi connectivity index (χ1v) is 33.4. The fourth-order valence-corrected chi connectivity index (χ4v) is 10.7. The number of allylic oxidation sites excluding steroid dienone is 2. The van der Waals surface area contributed by atoms with Gasteiger partial charge in [-0.2, -0.15) is 0 Å². The van der Waals surface area contributed by atoms with E-state index in [9.17, 15) is 19.8 Å². The second-order valence-electron chi connectivity index (χ2n) is 23.2. The topological polar surface area (TPSA) is 95.9 Å². The van der Waals surface area contributed by atoms with Gasteiger partial charge < -0.3 is 20.3 Å². The van der Waals surface area contributed by atoms with Crippen LogP contribution in [0.5, 0.6) is 0 Å². The van der Waals surface area contributed by atoms with Crippen LogP contribution in [0.3, 0.4) is 0 Å². The molecule has 0 radical (unpaired) electrons. The highest BCUT2D eigenvalue weighted by Crippen LogP contribution is 2.19. The molecule has 434 valence electrons. The Bertz CT molecular complexity index is 1100. The zero-order valence-electron chi connectivity index (χ0n) is 49.6. The van der Waals surface area contributed by atoms with Crippen molar-refractivity contribution >= 4 is 11.9 Å². The van der Waals surface area contributed by atoms with Crippen LogP contribution in [0.1, 0.15) is 380 Å². The Morgan fingerprint density at radius 1 is 0.370 bits per heavy atom. The van der Waals surface area contributed by atoms with Gasteiger partial charge in [-0.25, -0.2) is 0 Å². The van der Waals surface area contributed by atoms with Gasteiger partial charge in [-0.3, -0.25) is 9.59 Å². The van der Waals surface area contributed by atoms with Crippen LogP contribution in [-0.2, 0) is 14.3 Å². The summed E-state index contributed by atoms with van der Waals surface area (Å²) in [7, 11) is 0. The molecule has 2 unspecified atom stereocenters. The number of nitrogens with one attached hydrogen (secondary N) is 1. The molecule has 0 rings (SSSR count). The molecule has 0 aliphatic rings. The van der Waals surface area contributed by atoms with E-state index < -0.39 is 12.1 Å². The summed E-state index contributed by atoms with van der Waals surface area (Å²) in [6, 6.07) is -0.544. The predicted molar refractivity (Wildman–Crippen MR) is 320 cm³/mol. The van der Waals surface area contributed by atoms with E-state index in [0.29, 0.717) is 25.9 Å². The molecule has 0 aromatic heterocycles. The molecule has 73 heavy (non-hydrogen) atoms. The number of aliphatic hydroxyl groups is 2. The molecule has 6 nitrogen and oxygen atoms in total. The lowest BCUT2D eigenvalue weighted by Crippen LogP contribution is -2.45. The van der Waals surface area contributed by atoms with E-state index in [4.69, 9.17) is 4.74 Å². The monoisotopic (exact) mass is 1030 g/mol. The van der Waals surface area contributed by atoms with Gasteiger partial charge in [0.05, 0.1) is 25.4 Å². The molecule has 0 heterocycles. The second-order valence-corrected chi connectivity index (χ2v) is 23.2. The molecule has 0 aliphatic carbocycles. The van der Waals surface area contributed by atoms with Gasteiger partial charge in [0.15, 0.2) is 0 Å². The number of rotatable bonds is 63. The molecule has 0 aromatic carbocycles. The third-order valence-corrected chi connectivity index (χ3v) is 15.8. The lowest BCUT2D eigenvalue weighted by Gasteiger charge is -2.22. The molecule has 2 atom stereocenters. The molecule has 0 aliphatic heterocycles. The Hall–Kier alpha value is -1.40. The van der Waals surface area contributed by atoms with Gasteiger partial charge in [-0.15, -0.1) is 0 Å². The molecule has 3 N–H and O–H groups in total. The average molecular weight is 1030 g/mol. The van der Waals surface area contributed by atoms with Crippen LogP contribution < -0.4 is 5.32 Å². The van der Waals surface area contributed by atoms with Crippen molar-refractivity contribution in [3.8, 4) is 0 Å². The molecular formula is C67H131NO5. The summed E-state index contributed by atoms with van der Waals surface area (Å²) >= 11 is 0. The summed E-state index contributed by atoms with van der Waals surface area (Å²) < 4.78 is 5.47. The van der Waals surface area contributed by atoms with Gasteiger partial charge in [-0.1, -0.05) is 328 Å². The van der Waals surface area contributed by atoms with Gasteiger partial charge in [0.25, 0.3) is 0 Å². The molecule has 0 saturated heterocycles. The first-order chi connectivity index (χ1) is 36.0. The number of hydrogen-bond acceptors (Lipinski definition) is 5. The molecule has 0 aromatic rings. The Kier molecular flexibility index (Phi) is 61.9. The summed E-state index contributed by atoms with van der Waals surface area (Å²) in [5.74, 6) is -0.0321. The maximum absolute atomic E-state index is 12.5. The van der Waals surface area contributed by atoms with Crippen molar-refractivity contribution in [3.05, 3.63) is 12.2 Å². The van der Waals surface area contributed by atoms with Crippen LogP contribution in [0.15, 0.2) is 12.2 Å². The molecule has 6 heteroatoms. The predicted octanol–water partition coefficient (Wildman–Crippen LogP) is 21.2. The fraction of sp³-hybridized carbons (Fsp3) is 0.940. The molecule has 0 spiro atoms. The number of esters is 1. The Morgan fingerprint density at radius 3 is 0.986 bits per heavy atom. The number of aliphatic hydroxyl groups excluding tert-OH is 2. The highest BCUT2D eigenvalue weighted by Gasteiger charge is 2.20. The van der Waals surface area contributed by atoms with E-state index in [0.717, 1.165) is 44.9 Å². The third kappa shape index (κ3) is 59.7. The summed E-state index contributed by atoms with van der Waals surface area (Å²) in [6.45, 7) is 4.97. The van der Waals surface area contributed by atoms with Crippen molar-refractivity contribution in [3.63, 3.8) is 0 Å². The maximum Gasteiger partial charge on any atom is 0.305 e. The van der Waals surface area contributed by atoms with Crippen molar-refractivity contribution in [2.24, 2.45) is 0 Å². The molecule has 0 fully saturated rings. The van der Waals surface area contributed by atoms with Crippen molar-refractivity contribution in [1.82, 2.24) is 5.32 Å². The normalized spacial score (nSPS) is 12.5. The summed E-state index contributed by atoms with van der Waals surface area (Å²) in [4.78, 5) is 24.6. The Morgan fingerprint density at radius 2 is 0.644 bits per heavy atom. The highest BCUT2D eigenvalue weighted by atomic mass is 16.5. The summed E-state index contributed by atoms with van der Waals surface area (Å²) in [5.41, 5.74) is 0. The quantitative estimate of drug-likeness (QED) is 0.0320. The van der Waals surface area contributed by atoms with Crippen LogP contribution in [0.25, 0.3) is 0 Å². The summed E-state index contributed by atoms with van der Waals surface area (Å²) in [6.07, 6.45) is 76.6. The minimum absolute atomic E-state index is 0.00102. The van der Waals surface area contributed by atoms with Gasteiger partial charge in [0, 0.05) is 12.8 Å². The van der Waals surface area contributed by atoms with Crippen molar-refractivity contribution in [2.75, 3.05) is 13.2 Å². The molecule has 0 saturated carbocycles. The van der Waals surface area contributed by atoms with Crippen LogP contribution in [0, 0.1) is 0 Å². The number of carbonyl (C=O) groups excluding carboxylic acids is 2. The SMILES string of the molecule is CCCCCC/C=C\CCCCCCCC(=O)OCCCCCCCCCCCCCCCCCCCCCC(=O)NC(CO)C(O)CCCCCCCCCCCCCCCCCCCCCCCCCC. The van der Waals surface area contributed by atoms with Gasteiger partial charge >= 0.3 is 5.97 Å². The maximum atomic E-state index is 12.5. The Balaban J connectivity index is 3.40. The zero-order chi connectivity index (χ0) is 52.9. The van der Waals surface area contributed by atoms with Gasteiger partial charge in [0.1, 0.15) is 0 Å². The number of unbranched alkanes of at least 4 members (excludes halogenated alkanes) is 50. The lowest BCUT2D eigenvalue weighted by atomic mass is 10.0. The number of hydrogen-bond donors (Lipinski definition) is 3. The van der Waals surface area contributed by atoms with Gasteiger partial charge in [-0.05, 0) is 51.4 Å². The smallest absolute Gasteiger partial charge is 0.305 e. The number of ether oxygens (including phenoxy) is 1. The van der Waals surface area contributed by atoms with Gasteiger partial charge in [0.2, 0.25) is 5.91 Å². The van der Waals surface area contributed by atoms with Crippen molar-refractivity contribution in [2.45, 2.75) is 392 Å². The average Bonchev–Trinajstić information content (AvgIpc) is 3.39. The first kappa shape index (κ1) is 71.6. The molecular weight excluding hydrogens is 899 g/mol. The highest BCUT2D eigenvalue weighted by molar-refractivity contribution is 5.76. The van der Waals surface area contributed by atoms with Crippen molar-refractivity contribution < 1.29 is 24.5 Å². The van der Waals surface area contributed by atoms with E-state index in [1.807, 2.05) is 0 Å². The van der Waals surface area contributed by atoms with Crippen LogP contribution >= 0.6 is 0 Å². The third-order valence-electron chi connectivity index (χ3n) is 15.8. The lowest BCUT2D eigenvalue weighted by molar-refractivity contribution is -0.143. The van der Waals surface area contributed by atoms with Crippen LogP contribution in [0.2, 0.25) is 0 Å². The van der Waals surface area contributed by atoms with E-state index in [1.54, 1.807) is 0 Å². The van der Waals surface area contributed by atoms with E-state index in [2.05, 4.69) is 31.3 Å². The minimum Gasteiger partial charge on any atom is -0.466 e. The van der Waals surface area contributed by atoms with E-state index in [-0.39, 0.29) is 18.5 Å². The first-order valence-electron chi connectivity index (χ1n) is 33.4. The largest absolute Gasteiger partial charge is 0.466 e. The fourth-order valence-electron chi connectivity index (χ4n) is 10.7. The number of amides is 1. The molecule has 1 amide bonds. The van der Waals surface area contributed by atoms with E-state index in [1.165, 1.54) is 302 Å². The molecule has 0 bridgehead atoms. The van der Waals surface area contributed by atoms with Crippen LogP contribution in [0.4, 0.5) is 0 Å². The van der Waals surface area contributed by atoms with Crippen LogP contribution in [-0.4, -0.2) is 47.4 Å². The standard InChI is InChI=1S/C67H131NO5/c1-3-5-7-9-11-13-15-17-18-19-20-21-22-23-24-26-29-32-36-39-43-47-51-55-59-65(70)64(63-69)68-66(71)60-56-52-48-44-40-37-33-30-27-25-28-31-34-38-42-46-50-54-58-62-73-67(72)61-57-53-49-45-41-35-16-14-12-10-8-6-4-2/h14,16,64-65,69-70H,3-13,15,17-63H2,1-2H3,(H,68,71)/b16-14-. The van der Waals surface area contributed by atoms with E-state index >= 15 is 0 Å². The zero-order valence-corrected chi connectivity index (χ0v) is 49.6.